The molecule has 2 aromatic rings. The van der Waals surface area contributed by atoms with Crippen molar-refractivity contribution >= 4 is 23.0 Å². The maximum absolute atomic E-state index is 15.8. The van der Waals surface area contributed by atoms with Crippen LogP contribution in [0.1, 0.15) is 52.5 Å². The number of nitrogens with one attached hydrogen (secondary N) is 1. The van der Waals surface area contributed by atoms with Crippen molar-refractivity contribution in [1.82, 2.24) is 0 Å². The highest BCUT2D eigenvalue weighted by molar-refractivity contribution is 5.77. The minimum Gasteiger partial charge on any atom is -0.494 e. The van der Waals surface area contributed by atoms with E-state index >= 15 is 4.39 Å². The zero-order valence-electron chi connectivity index (χ0n) is 21.2. The fourth-order valence-electron chi connectivity index (χ4n) is 4.05. The summed E-state index contributed by atoms with van der Waals surface area (Å²) < 4.78 is 26.6. The molecule has 0 aliphatic rings. The van der Waals surface area contributed by atoms with Crippen LogP contribution in [0.3, 0.4) is 0 Å². The number of carboxylic acids is 1. The lowest BCUT2D eigenvalue weighted by molar-refractivity contribution is -0.137. The van der Waals surface area contributed by atoms with Crippen molar-refractivity contribution < 1.29 is 23.8 Å². The van der Waals surface area contributed by atoms with Crippen molar-refractivity contribution in [3.05, 3.63) is 47.8 Å². The predicted molar refractivity (Wildman–Crippen MR) is 136 cm³/mol. The van der Waals surface area contributed by atoms with Gasteiger partial charge in [-0.2, -0.15) is 0 Å². The van der Waals surface area contributed by atoms with E-state index in [-0.39, 0.29) is 18.8 Å². The zero-order chi connectivity index (χ0) is 25.3. The summed E-state index contributed by atoms with van der Waals surface area (Å²) in [5.41, 5.74) is 2.48. The van der Waals surface area contributed by atoms with Crippen LogP contribution in [-0.2, 0) is 9.53 Å². The van der Waals surface area contributed by atoms with E-state index in [2.05, 4.69) is 37.9 Å². The Morgan fingerprint density at radius 3 is 2.21 bits per heavy atom. The van der Waals surface area contributed by atoms with Gasteiger partial charge < -0.3 is 24.8 Å². The SMILES string of the molecule is CCOc1ccc(Nc2cc(C(COC)CC(=O)O)cc(F)c2N(CC(C)C)CC(C)C)cc1. The number of benzene rings is 2. The van der Waals surface area contributed by atoms with Gasteiger partial charge in [-0.25, -0.2) is 4.39 Å². The van der Waals surface area contributed by atoms with Crippen LogP contribution < -0.4 is 15.0 Å². The molecule has 2 N–H and O–H groups in total. The van der Waals surface area contributed by atoms with Crippen LogP contribution in [0.2, 0.25) is 0 Å². The number of carbonyl (C=O) groups is 1. The fraction of sp³-hybridized carbons (Fsp3) is 0.519. The summed E-state index contributed by atoms with van der Waals surface area (Å²) in [4.78, 5) is 13.5. The van der Waals surface area contributed by atoms with E-state index in [4.69, 9.17) is 9.47 Å². The average Bonchev–Trinajstić information content (AvgIpc) is 2.73. The van der Waals surface area contributed by atoms with Crippen molar-refractivity contribution in [1.29, 1.82) is 0 Å². The Labute approximate surface area is 203 Å². The second-order valence-corrected chi connectivity index (χ2v) is 9.42. The van der Waals surface area contributed by atoms with Gasteiger partial charge in [-0.1, -0.05) is 27.7 Å². The van der Waals surface area contributed by atoms with Crippen LogP contribution in [-0.4, -0.2) is 44.5 Å². The first kappa shape index (κ1) is 27.4. The zero-order valence-corrected chi connectivity index (χ0v) is 21.2. The van der Waals surface area contributed by atoms with E-state index in [1.165, 1.54) is 13.2 Å². The summed E-state index contributed by atoms with van der Waals surface area (Å²) in [5, 5.41) is 12.7. The number of aliphatic carboxylic acids is 1. The summed E-state index contributed by atoms with van der Waals surface area (Å²) in [5.74, 6) is -0.354. The van der Waals surface area contributed by atoms with Crippen molar-refractivity contribution in [2.24, 2.45) is 11.8 Å². The van der Waals surface area contributed by atoms with Gasteiger partial charge in [-0.3, -0.25) is 4.79 Å². The molecule has 0 aliphatic heterocycles. The molecule has 0 fully saturated rings. The first-order chi connectivity index (χ1) is 16.1. The molecule has 2 aromatic carbocycles. The summed E-state index contributed by atoms with van der Waals surface area (Å²) in [6.45, 7) is 12.5. The van der Waals surface area contributed by atoms with Crippen molar-refractivity contribution in [2.45, 2.75) is 47.0 Å². The Hall–Kier alpha value is -2.80. The first-order valence-corrected chi connectivity index (χ1v) is 11.9. The van der Waals surface area contributed by atoms with E-state index in [1.54, 1.807) is 0 Å². The summed E-state index contributed by atoms with van der Waals surface area (Å²) >= 11 is 0. The van der Waals surface area contributed by atoms with Crippen LogP contribution in [0.5, 0.6) is 5.75 Å². The molecular formula is C27H39FN2O4. The second kappa shape index (κ2) is 13.2. The highest BCUT2D eigenvalue weighted by Gasteiger charge is 2.24. The van der Waals surface area contributed by atoms with Gasteiger partial charge in [0, 0.05) is 31.8 Å². The molecule has 6 nitrogen and oxygen atoms in total. The summed E-state index contributed by atoms with van der Waals surface area (Å²) in [7, 11) is 1.52. The van der Waals surface area contributed by atoms with Crippen LogP contribution in [0.15, 0.2) is 36.4 Å². The molecule has 0 bridgehead atoms. The molecule has 1 unspecified atom stereocenters. The molecule has 0 saturated carbocycles. The summed E-state index contributed by atoms with van der Waals surface area (Å²) in [6, 6.07) is 10.8. The topological polar surface area (TPSA) is 71.0 Å². The molecular weight excluding hydrogens is 435 g/mol. The molecule has 1 atom stereocenters. The third-order valence-corrected chi connectivity index (χ3v) is 5.28. The molecule has 0 spiro atoms. The van der Waals surface area contributed by atoms with Crippen molar-refractivity contribution in [3.8, 4) is 5.75 Å². The molecule has 0 saturated heterocycles. The number of carboxylic acid groups (broad SMARTS) is 1. The molecule has 0 aliphatic carbocycles. The predicted octanol–water partition coefficient (Wildman–Crippen LogP) is 6.29. The minimum atomic E-state index is -0.950. The number of ether oxygens (including phenoxy) is 2. The van der Waals surface area contributed by atoms with Gasteiger partial charge in [0.15, 0.2) is 0 Å². The Balaban J connectivity index is 2.58. The molecule has 0 heterocycles. The monoisotopic (exact) mass is 474 g/mol. The number of nitrogens with zero attached hydrogens (tertiary/aromatic N) is 1. The molecule has 7 heteroatoms. The molecule has 0 aromatic heterocycles. The van der Waals surface area contributed by atoms with E-state index < -0.39 is 11.9 Å². The number of anilines is 3. The number of hydrogen-bond acceptors (Lipinski definition) is 5. The van der Waals surface area contributed by atoms with Gasteiger partial charge in [0.2, 0.25) is 0 Å². The van der Waals surface area contributed by atoms with Crippen LogP contribution in [0.4, 0.5) is 21.5 Å². The lowest BCUT2D eigenvalue weighted by atomic mass is 9.94. The van der Waals surface area contributed by atoms with Crippen LogP contribution >= 0.6 is 0 Å². The van der Waals surface area contributed by atoms with Gasteiger partial charge in [-0.15, -0.1) is 0 Å². The molecule has 34 heavy (non-hydrogen) atoms. The number of methoxy groups -OCH3 is 1. The Morgan fingerprint density at radius 2 is 1.71 bits per heavy atom. The molecule has 0 radical (unpaired) electrons. The molecule has 2 rings (SSSR count). The van der Waals surface area contributed by atoms with E-state index in [0.717, 1.165) is 11.4 Å². The van der Waals surface area contributed by atoms with E-state index in [0.29, 0.717) is 48.5 Å². The van der Waals surface area contributed by atoms with Crippen molar-refractivity contribution in [3.63, 3.8) is 0 Å². The lowest BCUT2D eigenvalue weighted by Gasteiger charge is -2.32. The minimum absolute atomic E-state index is 0.142. The van der Waals surface area contributed by atoms with Crippen LogP contribution in [0, 0.1) is 17.7 Å². The van der Waals surface area contributed by atoms with Gasteiger partial charge >= 0.3 is 5.97 Å². The Bertz CT molecular complexity index is 906. The van der Waals surface area contributed by atoms with Gasteiger partial charge in [0.05, 0.1) is 31.0 Å². The fourth-order valence-corrected chi connectivity index (χ4v) is 4.05. The van der Waals surface area contributed by atoms with Gasteiger partial charge in [0.25, 0.3) is 0 Å². The third-order valence-electron chi connectivity index (χ3n) is 5.28. The highest BCUT2D eigenvalue weighted by Crippen LogP contribution is 2.37. The second-order valence-electron chi connectivity index (χ2n) is 9.42. The number of rotatable bonds is 14. The quantitative estimate of drug-likeness (QED) is 0.335. The average molecular weight is 475 g/mol. The van der Waals surface area contributed by atoms with Gasteiger partial charge in [-0.05, 0) is 60.7 Å². The van der Waals surface area contributed by atoms with Crippen LogP contribution in [0.25, 0.3) is 0 Å². The first-order valence-electron chi connectivity index (χ1n) is 11.9. The standard InChI is InChI=1S/C27H39FN2O4/c1-7-34-23-10-8-22(9-11-23)29-25-13-20(21(17-33-6)14-26(31)32)12-24(28)27(25)30(15-18(2)3)16-19(4)5/h8-13,18-19,21,29H,7,14-17H2,1-6H3,(H,31,32). The third kappa shape index (κ3) is 8.20. The maximum Gasteiger partial charge on any atom is 0.304 e. The molecule has 188 valence electrons. The molecule has 0 amide bonds. The lowest BCUT2D eigenvalue weighted by Crippen LogP contribution is -2.32. The number of hydrogen-bond donors (Lipinski definition) is 2. The summed E-state index contributed by atoms with van der Waals surface area (Å²) in [6.07, 6.45) is -0.142. The van der Waals surface area contributed by atoms with Gasteiger partial charge in [0.1, 0.15) is 11.6 Å². The van der Waals surface area contributed by atoms with Crippen molar-refractivity contribution in [2.75, 3.05) is 43.6 Å². The Kier molecular flexibility index (Phi) is 10.6. The Morgan fingerprint density at radius 1 is 1.09 bits per heavy atom. The maximum atomic E-state index is 15.8. The highest BCUT2D eigenvalue weighted by atomic mass is 19.1. The smallest absolute Gasteiger partial charge is 0.304 e. The van der Waals surface area contributed by atoms with E-state index in [9.17, 15) is 9.90 Å². The number of halogens is 1. The normalized spacial score (nSPS) is 12.1. The van der Waals surface area contributed by atoms with E-state index in [1.807, 2.05) is 37.3 Å². The largest absolute Gasteiger partial charge is 0.494 e.